The highest BCUT2D eigenvalue weighted by Crippen LogP contribution is 2.29. The lowest BCUT2D eigenvalue weighted by Crippen LogP contribution is -2.38. The van der Waals surface area contributed by atoms with Crippen LogP contribution in [0.2, 0.25) is 0 Å². The van der Waals surface area contributed by atoms with Crippen molar-refractivity contribution in [3.05, 3.63) is 42.0 Å². The molecule has 0 bridgehead atoms. The summed E-state index contributed by atoms with van der Waals surface area (Å²) in [4.78, 5) is 10.9. The minimum absolute atomic E-state index is 0.166. The summed E-state index contributed by atoms with van der Waals surface area (Å²) in [5.41, 5.74) is 11.3. The summed E-state index contributed by atoms with van der Waals surface area (Å²) in [5.74, 6) is -0.405. The number of aromatic hydroxyl groups is 1. The summed E-state index contributed by atoms with van der Waals surface area (Å²) >= 11 is 0. The number of hydrogen-bond donors (Lipinski definition) is 3. The Bertz CT molecular complexity index is 566. The highest BCUT2D eigenvalue weighted by molar-refractivity contribution is 5.89. The van der Waals surface area contributed by atoms with Crippen LogP contribution in [0.3, 0.4) is 0 Å². The number of primary amides is 1. The number of fused-ring (bicyclic) bond motifs is 1. The van der Waals surface area contributed by atoms with Crippen LogP contribution in [0.15, 0.2) is 36.4 Å². The zero-order valence-corrected chi connectivity index (χ0v) is 9.26. The second kappa shape index (κ2) is 4.43. The number of nitrogens with two attached hydrogens (primary N) is 2. The number of carbonyl (C=O) groups excluding carboxylic acids is 1. The zero-order chi connectivity index (χ0) is 12.4. The number of phenols is 1. The van der Waals surface area contributed by atoms with Crippen LogP contribution in [0.1, 0.15) is 5.56 Å². The Hall–Kier alpha value is -2.07. The average molecular weight is 230 g/mol. The van der Waals surface area contributed by atoms with Crippen LogP contribution >= 0.6 is 0 Å². The number of hydrogen-bond acceptors (Lipinski definition) is 3. The highest BCUT2D eigenvalue weighted by atomic mass is 16.3. The van der Waals surface area contributed by atoms with Gasteiger partial charge in [0.2, 0.25) is 5.91 Å². The molecule has 0 aliphatic heterocycles. The van der Waals surface area contributed by atoms with E-state index >= 15 is 0 Å². The standard InChI is InChI=1S/C13H14N2O2/c14-11(13(15)17)7-9-6-5-8-3-1-2-4-10(8)12(9)16/h1-6,11,16H,7,14H2,(H2,15,17). The Kier molecular flexibility index (Phi) is 2.97. The molecule has 0 radical (unpaired) electrons. The van der Waals surface area contributed by atoms with Gasteiger partial charge in [-0.05, 0) is 10.9 Å². The summed E-state index contributed by atoms with van der Waals surface area (Å²) in [6.45, 7) is 0. The van der Waals surface area contributed by atoms with Crippen molar-refractivity contribution < 1.29 is 9.90 Å². The average Bonchev–Trinajstić information content (AvgIpc) is 2.33. The number of rotatable bonds is 3. The number of phenolic OH excluding ortho intramolecular Hbond substituents is 1. The molecule has 0 saturated heterocycles. The molecule has 4 nitrogen and oxygen atoms in total. The fourth-order valence-corrected chi connectivity index (χ4v) is 1.80. The molecule has 0 spiro atoms. The molecule has 2 rings (SSSR count). The molecule has 0 fully saturated rings. The minimum Gasteiger partial charge on any atom is -0.507 e. The molecular formula is C13H14N2O2. The van der Waals surface area contributed by atoms with Crippen molar-refractivity contribution in [2.24, 2.45) is 11.5 Å². The van der Waals surface area contributed by atoms with Crippen molar-refractivity contribution in [3.63, 3.8) is 0 Å². The van der Waals surface area contributed by atoms with Crippen LogP contribution in [0.4, 0.5) is 0 Å². The third kappa shape index (κ3) is 2.21. The summed E-state index contributed by atoms with van der Waals surface area (Å²) in [6.07, 6.45) is 0.242. The molecule has 0 heterocycles. The van der Waals surface area contributed by atoms with Crippen LogP contribution < -0.4 is 11.5 Å². The lowest BCUT2D eigenvalue weighted by molar-refractivity contribution is -0.119. The van der Waals surface area contributed by atoms with Gasteiger partial charge >= 0.3 is 0 Å². The largest absolute Gasteiger partial charge is 0.507 e. The summed E-state index contributed by atoms with van der Waals surface area (Å²) in [5, 5.41) is 11.8. The second-order valence-corrected chi connectivity index (χ2v) is 4.01. The Balaban J connectivity index is 2.42. The molecule has 2 aromatic rings. The van der Waals surface area contributed by atoms with E-state index < -0.39 is 11.9 Å². The predicted octanol–water partition coefficient (Wildman–Crippen LogP) is 0.901. The number of carbonyl (C=O) groups is 1. The van der Waals surface area contributed by atoms with E-state index in [0.29, 0.717) is 5.56 Å². The quantitative estimate of drug-likeness (QED) is 0.731. The van der Waals surface area contributed by atoms with Gasteiger partial charge in [-0.15, -0.1) is 0 Å². The van der Waals surface area contributed by atoms with Gasteiger partial charge < -0.3 is 16.6 Å². The molecule has 5 N–H and O–H groups in total. The first kappa shape index (κ1) is 11.4. The van der Waals surface area contributed by atoms with Crippen LogP contribution in [0, 0.1) is 0 Å². The number of amides is 1. The monoisotopic (exact) mass is 230 g/mol. The van der Waals surface area contributed by atoms with E-state index in [4.69, 9.17) is 11.5 Å². The van der Waals surface area contributed by atoms with E-state index in [0.717, 1.165) is 10.8 Å². The first-order valence-electron chi connectivity index (χ1n) is 5.34. The molecule has 17 heavy (non-hydrogen) atoms. The lowest BCUT2D eigenvalue weighted by Gasteiger charge is -2.11. The smallest absolute Gasteiger partial charge is 0.234 e. The molecule has 1 unspecified atom stereocenters. The van der Waals surface area contributed by atoms with Gasteiger partial charge in [-0.3, -0.25) is 4.79 Å². The predicted molar refractivity (Wildman–Crippen MR) is 66.5 cm³/mol. The summed E-state index contributed by atoms with van der Waals surface area (Å²) in [7, 11) is 0. The fraction of sp³-hybridized carbons (Fsp3) is 0.154. The van der Waals surface area contributed by atoms with Gasteiger partial charge in [0.25, 0.3) is 0 Å². The molecule has 88 valence electrons. The van der Waals surface area contributed by atoms with E-state index in [1.165, 1.54) is 0 Å². The third-order valence-corrected chi connectivity index (χ3v) is 2.79. The lowest BCUT2D eigenvalue weighted by atomic mass is 10.0. The highest BCUT2D eigenvalue weighted by Gasteiger charge is 2.13. The van der Waals surface area contributed by atoms with Gasteiger partial charge in [-0.2, -0.15) is 0 Å². The maximum Gasteiger partial charge on any atom is 0.234 e. The van der Waals surface area contributed by atoms with Gasteiger partial charge in [0.15, 0.2) is 0 Å². The number of benzene rings is 2. The molecule has 0 saturated carbocycles. The first-order valence-corrected chi connectivity index (χ1v) is 5.34. The molecule has 0 aromatic heterocycles. The Morgan fingerprint density at radius 3 is 2.65 bits per heavy atom. The topological polar surface area (TPSA) is 89.3 Å². The van der Waals surface area contributed by atoms with E-state index in [2.05, 4.69) is 0 Å². The van der Waals surface area contributed by atoms with Crippen molar-refractivity contribution in [1.82, 2.24) is 0 Å². The maximum absolute atomic E-state index is 10.9. The molecule has 1 amide bonds. The molecule has 0 aliphatic rings. The van der Waals surface area contributed by atoms with E-state index in [9.17, 15) is 9.90 Å². The van der Waals surface area contributed by atoms with Crippen LogP contribution in [0.5, 0.6) is 5.75 Å². The summed E-state index contributed by atoms with van der Waals surface area (Å²) < 4.78 is 0. The molecule has 1 atom stereocenters. The third-order valence-electron chi connectivity index (χ3n) is 2.79. The normalized spacial score (nSPS) is 12.5. The van der Waals surface area contributed by atoms with Crippen LogP contribution in [-0.4, -0.2) is 17.1 Å². The van der Waals surface area contributed by atoms with E-state index in [-0.39, 0.29) is 12.2 Å². The Morgan fingerprint density at radius 1 is 1.24 bits per heavy atom. The second-order valence-electron chi connectivity index (χ2n) is 4.01. The van der Waals surface area contributed by atoms with Crippen molar-refractivity contribution in [2.75, 3.05) is 0 Å². The van der Waals surface area contributed by atoms with E-state index in [1.54, 1.807) is 6.07 Å². The maximum atomic E-state index is 10.9. The van der Waals surface area contributed by atoms with Gasteiger partial charge in [0.1, 0.15) is 5.75 Å². The Labute approximate surface area is 98.8 Å². The minimum atomic E-state index is -0.776. The van der Waals surface area contributed by atoms with Gasteiger partial charge in [0, 0.05) is 11.8 Å². The SMILES string of the molecule is NC(=O)C(N)Cc1ccc2ccccc2c1O. The van der Waals surface area contributed by atoms with Gasteiger partial charge in [-0.1, -0.05) is 36.4 Å². The van der Waals surface area contributed by atoms with Gasteiger partial charge in [0.05, 0.1) is 6.04 Å². The zero-order valence-electron chi connectivity index (χ0n) is 9.26. The van der Waals surface area contributed by atoms with Crippen molar-refractivity contribution in [3.8, 4) is 5.75 Å². The van der Waals surface area contributed by atoms with Crippen LogP contribution in [0.25, 0.3) is 10.8 Å². The first-order chi connectivity index (χ1) is 8.09. The van der Waals surface area contributed by atoms with Crippen molar-refractivity contribution in [2.45, 2.75) is 12.5 Å². The Morgan fingerprint density at radius 2 is 1.94 bits per heavy atom. The molecule has 2 aromatic carbocycles. The van der Waals surface area contributed by atoms with Gasteiger partial charge in [-0.25, -0.2) is 0 Å². The molecule has 0 aliphatic carbocycles. The molecule has 4 heteroatoms. The van der Waals surface area contributed by atoms with Crippen molar-refractivity contribution in [1.29, 1.82) is 0 Å². The molecular weight excluding hydrogens is 216 g/mol. The van der Waals surface area contributed by atoms with Crippen molar-refractivity contribution >= 4 is 16.7 Å². The van der Waals surface area contributed by atoms with Crippen LogP contribution in [-0.2, 0) is 11.2 Å². The summed E-state index contributed by atoms with van der Waals surface area (Å²) in [6, 6.07) is 10.4. The van der Waals surface area contributed by atoms with E-state index in [1.807, 2.05) is 30.3 Å². The fourth-order valence-electron chi connectivity index (χ4n) is 1.80.